The number of hydrogen-bond donors (Lipinski definition) is 0. The molecule has 0 bridgehead atoms. The second-order valence-electron chi connectivity index (χ2n) is 5.56. The molecule has 3 rings (SSSR count). The Hall–Kier alpha value is -3.93. The summed E-state index contributed by atoms with van der Waals surface area (Å²) in [5, 5.41) is 0. The molecular weight excluding hydrogens is 363 g/mol. The van der Waals surface area contributed by atoms with Crippen molar-refractivity contribution in [1.29, 1.82) is 0 Å². The van der Waals surface area contributed by atoms with Crippen LogP contribution in [0.2, 0.25) is 0 Å². The Bertz CT molecular complexity index is 1060. The zero-order valence-corrected chi connectivity index (χ0v) is 14.7. The maximum absolute atomic E-state index is 14.7. The van der Waals surface area contributed by atoms with Gasteiger partial charge in [0, 0.05) is 17.7 Å². The van der Waals surface area contributed by atoms with Gasteiger partial charge in [-0.2, -0.15) is 0 Å². The van der Waals surface area contributed by atoms with Gasteiger partial charge in [-0.15, -0.1) is 0 Å². The number of esters is 2. The first-order chi connectivity index (χ1) is 13.5. The van der Waals surface area contributed by atoms with Crippen LogP contribution in [0.5, 0.6) is 11.5 Å². The molecule has 0 fully saturated rings. The number of carbonyl (C=O) groups excluding carboxylic acids is 2. The summed E-state index contributed by atoms with van der Waals surface area (Å²) in [5.41, 5.74) is 0.769. The van der Waals surface area contributed by atoms with Crippen molar-refractivity contribution < 1.29 is 27.9 Å². The van der Waals surface area contributed by atoms with Crippen molar-refractivity contribution in [2.45, 2.75) is 0 Å². The molecule has 0 aliphatic heterocycles. The zero-order valence-electron chi connectivity index (χ0n) is 14.7. The van der Waals surface area contributed by atoms with Crippen molar-refractivity contribution in [3.05, 3.63) is 85.7 Å². The fourth-order valence-corrected chi connectivity index (χ4v) is 2.44. The quantitative estimate of drug-likeness (QED) is 0.345. The monoisotopic (exact) mass is 378 g/mol. The third kappa shape index (κ3) is 4.07. The number of rotatable bonds is 6. The summed E-state index contributed by atoms with van der Waals surface area (Å²) in [5.74, 6) is -1.28. The molecule has 0 N–H and O–H groups in total. The number of furan rings is 1. The van der Waals surface area contributed by atoms with Crippen LogP contribution in [0.3, 0.4) is 0 Å². The summed E-state index contributed by atoms with van der Waals surface area (Å²) >= 11 is 0. The first kappa shape index (κ1) is 18.8. The molecule has 28 heavy (non-hydrogen) atoms. The molecule has 0 amide bonds. The lowest BCUT2D eigenvalue weighted by molar-refractivity contribution is -0.130. The summed E-state index contributed by atoms with van der Waals surface area (Å²) in [6.45, 7) is 6.63. The molecular formula is C22H15FO5. The van der Waals surface area contributed by atoms with E-state index in [1.807, 2.05) is 0 Å². The predicted molar refractivity (Wildman–Crippen MR) is 101 cm³/mol. The average molecular weight is 378 g/mol. The number of benzene rings is 2. The van der Waals surface area contributed by atoms with Crippen LogP contribution in [0.25, 0.3) is 22.6 Å². The minimum absolute atomic E-state index is 0.134. The van der Waals surface area contributed by atoms with Crippen molar-refractivity contribution in [3.8, 4) is 34.1 Å². The van der Waals surface area contributed by atoms with Gasteiger partial charge in [0.1, 0.15) is 17.3 Å². The Kier molecular flexibility index (Phi) is 5.50. The average Bonchev–Trinajstić information content (AvgIpc) is 3.19. The molecule has 140 valence electrons. The van der Waals surface area contributed by atoms with Crippen LogP contribution < -0.4 is 9.47 Å². The fourth-order valence-electron chi connectivity index (χ4n) is 2.44. The minimum atomic E-state index is -0.762. The topological polar surface area (TPSA) is 65.7 Å². The third-order valence-corrected chi connectivity index (χ3v) is 3.72. The van der Waals surface area contributed by atoms with Crippen LogP contribution in [-0.4, -0.2) is 11.9 Å². The summed E-state index contributed by atoms with van der Waals surface area (Å²) in [6, 6.07) is 14.3. The Labute approximate surface area is 160 Å². The number of hydrogen-bond acceptors (Lipinski definition) is 5. The second-order valence-corrected chi connectivity index (χ2v) is 5.56. The highest BCUT2D eigenvalue weighted by Gasteiger charge is 2.16. The predicted octanol–water partition coefficient (Wildman–Crippen LogP) is 4.94. The van der Waals surface area contributed by atoms with Crippen molar-refractivity contribution in [2.75, 3.05) is 0 Å². The molecule has 2 aromatic carbocycles. The number of halogens is 1. The van der Waals surface area contributed by atoms with Gasteiger partial charge in [-0.25, -0.2) is 14.0 Å². The molecule has 3 aromatic rings. The van der Waals surface area contributed by atoms with E-state index in [0.29, 0.717) is 17.1 Å². The van der Waals surface area contributed by atoms with E-state index in [9.17, 15) is 14.0 Å². The van der Waals surface area contributed by atoms with Crippen LogP contribution in [0, 0.1) is 5.82 Å². The fraction of sp³-hybridized carbons (Fsp3) is 0. The van der Waals surface area contributed by atoms with Crippen LogP contribution in [-0.2, 0) is 9.59 Å². The standard InChI is InChI=1S/C22H15FO5/c1-3-20(24)26-15-8-5-7-14(13-15)17-11-12-18(27-17)16-9-6-10-19(22(16)23)28-21(25)4-2/h3-13H,1-2H2. The smallest absolute Gasteiger partial charge is 0.335 e. The van der Waals surface area contributed by atoms with Crippen molar-refractivity contribution in [1.82, 2.24) is 0 Å². The Morgan fingerprint density at radius 2 is 1.57 bits per heavy atom. The first-order valence-electron chi connectivity index (χ1n) is 8.19. The van der Waals surface area contributed by atoms with E-state index in [1.54, 1.807) is 42.5 Å². The van der Waals surface area contributed by atoms with E-state index in [2.05, 4.69) is 13.2 Å². The lowest BCUT2D eigenvalue weighted by Crippen LogP contribution is -2.05. The van der Waals surface area contributed by atoms with E-state index in [0.717, 1.165) is 12.2 Å². The van der Waals surface area contributed by atoms with Gasteiger partial charge in [0.15, 0.2) is 11.6 Å². The summed E-state index contributed by atoms with van der Waals surface area (Å²) < 4.78 is 30.4. The molecule has 0 aliphatic carbocycles. The van der Waals surface area contributed by atoms with Crippen LogP contribution in [0.1, 0.15) is 0 Å². The Balaban J connectivity index is 1.91. The van der Waals surface area contributed by atoms with Crippen LogP contribution in [0.4, 0.5) is 4.39 Å². The van der Waals surface area contributed by atoms with Gasteiger partial charge in [0.2, 0.25) is 0 Å². The largest absolute Gasteiger partial charge is 0.456 e. The molecule has 0 saturated heterocycles. The molecule has 1 aromatic heterocycles. The van der Waals surface area contributed by atoms with E-state index in [-0.39, 0.29) is 17.1 Å². The molecule has 0 saturated carbocycles. The highest BCUT2D eigenvalue weighted by atomic mass is 19.1. The Morgan fingerprint density at radius 1 is 0.893 bits per heavy atom. The van der Waals surface area contributed by atoms with Crippen molar-refractivity contribution in [3.63, 3.8) is 0 Å². The van der Waals surface area contributed by atoms with Gasteiger partial charge >= 0.3 is 11.9 Å². The van der Waals surface area contributed by atoms with E-state index in [1.165, 1.54) is 12.1 Å². The highest BCUT2D eigenvalue weighted by Crippen LogP contribution is 2.34. The third-order valence-electron chi connectivity index (χ3n) is 3.72. The summed E-state index contributed by atoms with van der Waals surface area (Å²) in [7, 11) is 0. The maximum Gasteiger partial charge on any atom is 0.335 e. The SMILES string of the molecule is C=CC(=O)Oc1cccc(-c2ccc(-c3cccc(OC(=O)C=C)c3F)o2)c1. The molecule has 0 aliphatic rings. The van der Waals surface area contributed by atoms with Gasteiger partial charge in [0.25, 0.3) is 0 Å². The van der Waals surface area contributed by atoms with E-state index < -0.39 is 17.8 Å². The molecule has 5 nitrogen and oxygen atoms in total. The molecule has 0 unspecified atom stereocenters. The van der Waals surface area contributed by atoms with Crippen LogP contribution in [0.15, 0.2) is 84.3 Å². The van der Waals surface area contributed by atoms with Gasteiger partial charge in [-0.1, -0.05) is 31.4 Å². The summed E-state index contributed by atoms with van der Waals surface area (Å²) in [6.07, 6.45) is 2.01. The van der Waals surface area contributed by atoms with Crippen molar-refractivity contribution >= 4 is 11.9 Å². The van der Waals surface area contributed by atoms with Gasteiger partial charge < -0.3 is 13.9 Å². The van der Waals surface area contributed by atoms with Crippen molar-refractivity contribution in [2.24, 2.45) is 0 Å². The second kappa shape index (κ2) is 8.18. The molecule has 0 radical (unpaired) electrons. The molecule has 0 spiro atoms. The summed E-state index contributed by atoms with van der Waals surface area (Å²) in [4.78, 5) is 22.7. The zero-order chi connectivity index (χ0) is 20.1. The van der Waals surface area contributed by atoms with Gasteiger partial charge in [0.05, 0.1) is 5.56 Å². The first-order valence-corrected chi connectivity index (χ1v) is 8.19. The van der Waals surface area contributed by atoms with Crippen LogP contribution >= 0.6 is 0 Å². The lowest BCUT2D eigenvalue weighted by Gasteiger charge is -2.06. The maximum atomic E-state index is 14.7. The van der Waals surface area contributed by atoms with Gasteiger partial charge in [-0.05, 0) is 36.4 Å². The minimum Gasteiger partial charge on any atom is -0.456 e. The molecule has 1 heterocycles. The van der Waals surface area contributed by atoms with Gasteiger partial charge in [-0.3, -0.25) is 0 Å². The van der Waals surface area contributed by atoms with E-state index in [4.69, 9.17) is 13.9 Å². The molecule has 6 heteroatoms. The normalized spacial score (nSPS) is 10.2. The number of carbonyl (C=O) groups is 2. The highest BCUT2D eigenvalue weighted by molar-refractivity contribution is 5.84. The molecule has 0 atom stereocenters. The Morgan fingerprint density at radius 3 is 2.32 bits per heavy atom. The number of ether oxygens (including phenoxy) is 2. The van der Waals surface area contributed by atoms with E-state index >= 15 is 0 Å². The lowest BCUT2D eigenvalue weighted by atomic mass is 10.1.